The van der Waals surface area contributed by atoms with Crippen molar-refractivity contribution < 1.29 is 54.4 Å². The minimum absolute atomic E-state index is 0.0957. The molecule has 0 unspecified atom stereocenters. The number of alkyl halides is 3. The second-order valence-corrected chi connectivity index (χ2v) is 18.4. The minimum Gasteiger partial charge on any atom is -0.488 e. The average molecular weight is 847 g/mol. The van der Waals surface area contributed by atoms with E-state index in [4.69, 9.17) is 25.3 Å². The molecule has 0 spiro atoms. The zero-order valence-electron chi connectivity index (χ0n) is 33.1. The molecular formula is C37H50ClF3N6O9S. The summed E-state index contributed by atoms with van der Waals surface area (Å²) in [5.41, 5.74) is -6.19. The smallest absolute Gasteiger partial charge is 0.427 e. The summed E-state index contributed by atoms with van der Waals surface area (Å²) in [5, 5.41) is 8.98. The highest BCUT2D eigenvalue weighted by molar-refractivity contribution is 7.85. The van der Waals surface area contributed by atoms with Gasteiger partial charge in [-0.15, -0.1) is 0 Å². The van der Waals surface area contributed by atoms with E-state index in [0.717, 1.165) is 4.90 Å². The van der Waals surface area contributed by atoms with E-state index in [1.807, 2.05) is 11.6 Å². The lowest BCUT2D eigenvalue weighted by atomic mass is 9.85. The number of alkyl carbamates (subject to hydrolysis) is 1. The minimum atomic E-state index is -4.93. The third-order valence-electron chi connectivity index (χ3n) is 10.5. The van der Waals surface area contributed by atoms with Crippen LogP contribution in [0.3, 0.4) is 0 Å². The maximum absolute atomic E-state index is 14.5. The van der Waals surface area contributed by atoms with Gasteiger partial charge in [0.25, 0.3) is 5.91 Å². The van der Waals surface area contributed by atoms with E-state index in [-0.39, 0.29) is 19.4 Å². The molecule has 2 heterocycles. The Hall–Kier alpha value is -4.10. The first-order valence-electron chi connectivity index (χ1n) is 18.7. The molecule has 2 aliphatic carbocycles. The monoisotopic (exact) mass is 846 g/mol. The number of carbonyl (C=O) groups excluding carboxylic acids is 4. The second-order valence-electron chi connectivity index (χ2n) is 16.7. The van der Waals surface area contributed by atoms with Crippen LogP contribution in [0.1, 0.15) is 87.5 Å². The number of rotatable bonds is 14. The molecule has 0 bridgehead atoms. The molecule has 0 radical (unpaired) electrons. The van der Waals surface area contributed by atoms with Crippen LogP contribution < -0.4 is 25.4 Å². The standard InChI is InChI=1S/C37H50ClF3N6O9S/c1-9-20-18-36(20,31(50)46-57(52,53)56-35(8)14-15-35)45-29(48)24-16-21(54-25-17-26(42-10-2)43-27-22(25)12-11-13-23(27)38)19-47(24)30(49)28(33(3,4)5)44-32(51)55-34(6,7)37(39,40)41/h11-13,17,20-21,24,28H,9-10,14-16,18-19H2,1-8H3,(H,42,43)(H,44,51)(H,45,48)(H,46,50)/t20-,21-,24+,28-,36-/m1/s1. The van der Waals surface area contributed by atoms with E-state index in [1.165, 1.54) is 0 Å². The van der Waals surface area contributed by atoms with Crippen molar-refractivity contribution in [3.8, 4) is 5.75 Å². The van der Waals surface area contributed by atoms with Crippen LogP contribution in [0.15, 0.2) is 24.3 Å². The normalized spacial score (nSPS) is 23.6. The van der Waals surface area contributed by atoms with Gasteiger partial charge < -0.3 is 30.3 Å². The Balaban J connectivity index is 1.47. The number of benzene rings is 1. The summed E-state index contributed by atoms with van der Waals surface area (Å²) in [7, 11) is -4.54. The third kappa shape index (κ3) is 9.79. The van der Waals surface area contributed by atoms with Crippen LogP contribution in [0.4, 0.5) is 23.8 Å². The molecule has 4 N–H and O–H groups in total. The van der Waals surface area contributed by atoms with E-state index in [9.17, 15) is 40.8 Å². The van der Waals surface area contributed by atoms with Gasteiger partial charge in [-0.05, 0) is 70.4 Å². The summed E-state index contributed by atoms with van der Waals surface area (Å²) >= 11 is 6.49. The van der Waals surface area contributed by atoms with Gasteiger partial charge in [0.15, 0.2) is 0 Å². The van der Waals surface area contributed by atoms with E-state index < -0.39 is 86.6 Å². The molecule has 2 saturated carbocycles. The number of nitrogens with zero attached hydrogens (tertiary/aromatic N) is 2. The predicted octanol–water partition coefficient (Wildman–Crippen LogP) is 5.37. The number of amides is 4. The fourth-order valence-corrected chi connectivity index (χ4v) is 8.08. The molecule has 2 aromatic rings. The van der Waals surface area contributed by atoms with Crippen molar-refractivity contribution in [3.63, 3.8) is 0 Å². The maximum Gasteiger partial charge on any atom is 0.427 e. The number of ether oxygens (including phenoxy) is 2. The Kier molecular flexibility index (Phi) is 12.0. The lowest BCUT2D eigenvalue weighted by Gasteiger charge is -2.36. The highest BCUT2D eigenvalue weighted by atomic mass is 35.5. The van der Waals surface area contributed by atoms with Crippen molar-refractivity contribution in [2.45, 2.75) is 129 Å². The number of carbonyl (C=O) groups is 4. The summed E-state index contributed by atoms with van der Waals surface area (Å²) in [6, 6.07) is 3.85. The molecular weight excluding hydrogens is 797 g/mol. The molecule has 1 aromatic carbocycles. The van der Waals surface area contributed by atoms with Gasteiger partial charge in [-0.25, -0.2) is 18.7 Å². The molecule has 1 aliphatic heterocycles. The first-order valence-corrected chi connectivity index (χ1v) is 20.5. The van der Waals surface area contributed by atoms with Crippen LogP contribution in [0.5, 0.6) is 5.75 Å². The highest BCUT2D eigenvalue weighted by Crippen LogP contribution is 2.47. The molecule has 3 aliphatic rings. The zero-order chi connectivity index (χ0) is 42.5. The van der Waals surface area contributed by atoms with Gasteiger partial charge in [0, 0.05) is 24.4 Å². The molecule has 15 nitrogen and oxygen atoms in total. The summed E-state index contributed by atoms with van der Waals surface area (Å²) in [4.78, 5) is 61.2. The molecule has 57 heavy (non-hydrogen) atoms. The second kappa shape index (κ2) is 15.6. The van der Waals surface area contributed by atoms with Crippen LogP contribution in [0.2, 0.25) is 5.02 Å². The average Bonchev–Trinajstić information content (AvgIpc) is 3.94. The van der Waals surface area contributed by atoms with Gasteiger partial charge in [-0.1, -0.05) is 51.8 Å². The topological polar surface area (TPSA) is 194 Å². The Bertz CT molecular complexity index is 2020. The zero-order valence-corrected chi connectivity index (χ0v) is 34.6. The number of hydrogen-bond donors (Lipinski definition) is 4. The van der Waals surface area contributed by atoms with Gasteiger partial charge in [-0.2, -0.15) is 21.6 Å². The van der Waals surface area contributed by atoms with E-state index in [1.54, 1.807) is 58.9 Å². The Morgan fingerprint density at radius 1 is 1.09 bits per heavy atom. The number of aromatic nitrogens is 1. The predicted molar refractivity (Wildman–Crippen MR) is 204 cm³/mol. The van der Waals surface area contributed by atoms with Gasteiger partial charge in [-0.3, -0.25) is 14.4 Å². The number of halogens is 4. The van der Waals surface area contributed by atoms with E-state index in [2.05, 4.69) is 20.9 Å². The van der Waals surface area contributed by atoms with Crippen molar-refractivity contribution in [1.82, 2.24) is 25.2 Å². The number of hydrogen-bond acceptors (Lipinski definition) is 11. The molecule has 1 saturated heterocycles. The number of para-hydroxylation sites is 1. The summed E-state index contributed by atoms with van der Waals surface area (Å²) in [6.07, 6.45) is -6.02. The van der Waals surface area contributed by atoms with Crippen molar-refractivity contribution in [3.05, 3.63) is 29.3 Å². The largest absolute Gasteiger partial charge is 0.488 e. The van der Waals surface area contributed by atoms with Crippen LogP contribution in [0, 0.1) is 11.3 Å². The van der Waals surface area contributed by atoms with Gasteiger partial charge >= 0.3 is 22.6 Å². The van der Waals surface area contributed by atoms with Crippen LogP contribution in [0.25, 0.3) is 10.9 Å². The van der Waals surface area contributed by atoms with E-state index in [0.29, 0.717) is 67.1 Å². The van der Waals surface area contributed by atoms with Crippen molar-refractivity contribution >= 4 is 62.4 Å². The number of nitrogens with one attached hydrogen (secondary N) is 4. The fourth-order valence-electron chi connectivity index (χ4n) is 6.72. The van der Waals surface area contributed by atoms with Crippen LogP contribution >= 0.6 is 11.6 Å². The van der Waals surface area contributed by atoms with Gasteiger partial charge in [0.2, 0.25) is 17.4 Å². The number of likely N-dealkylation sites (tertiary alicyclic amines) is 1. The molecule has 20 heteroatoms. The first-order chi connectivity index (χ1) is 26.2. The van der Waals surface area contributed by atoms with E-state index >= 15 is 0 Å². The number of fused-ring (bicyclic) bond motifs is 1. The lowest BCUT2D eigenvalue weighted by molar-refractivity contribution is -0.244. The third-order valence-corrected chi connectivity index (χ3v) is 11.9. The van der Waals surface area contributed by atoms with Crippen molar-refractivity contribution in [2.24, 2.45) is 11.3 Å². The molecule has 3 fully saturated rings. The van der Waals surface area contributed by atoms with Crippen LogP contribution in [-0.2, 0) is 33.6 Å². The molecule has 316 valence electrons. The summed E-state index contributed by atoms with van der Waals surface area (Å²) in [6.45, 7) is 11.5. The maximum atomic E-state index is 14.5. The molecule has 5 rings (SSSR count). The fraction of sp³-hybridized carbons (Fsp3) is 0.649. The quantitative estimate of drug-likeness (QED) is 0.191. The molecule has 5 atom stereocenters. The number of pyridine rings is 1. The van der Waals surface area contributed by atoms with Crippen molar-refractivity contribution in [2.75, 3.05) is 18.4 Å². The lowest BCUT2D eigenvalue weighted by Crippen LogP contribution is -2.60. The number of anilines is 1. The highest BCUT2D eigenvalue weighted by Gasteiger charge is 2.62. The Morgan fingerprint density at radius 3 is 2.32 bits per heavy atom. The Morgan fingerprint density at radius 2 is 1.75 bits per heavy atom. The SMILES string of the molecule is CCNc1cc(O[C@@H]2C[C@@H](C(=O)N[C@]3(C(=O)NS(=O)(=O)OC4(C)CC4)C[C@H]3CC)N(C(=O)[C@@H](NC(=O)OC(C)(C)C(F)(F)F)C(C)(C)C)C2)c2cccc(Cl)c2n1. The van der Waals surface area contributed by atoms with Crippen LogP contribution in [-0.4, -0.2) is 96.3 Å². The van der Waals surface area contributed by atoms with Gasteiger partial charge in [0.1, 0.15) is 35.3 Å². The molecule has 4 amide bonds. The van der Waals surface area contributed by atoms with Crippen molar-refractivity contribution in [1.29, 1.82) is 0 Å². The summed E-state index contributed by atoms with van der Waals surface area (Å²) in [5.74, 6) is -2.37. The molecule has 1 aromatic heterocycles. The Labute approximate surface area is 334 Å². The van der Waals surface area contributed by atoms with Gasteiger partial charge in [0.05, 0.1) is 22.7 Å². The summed E-state index contributed by atoms with van der Waals surface area (Å²) < 4.78 is 84.7. The first kappa shape index (κ1) is 44.0.